The molecule has 0 spiro atoms. The molecule has 1 saturated heterocycles. The highest BCUT2D eigenvalue weighted by molar-refractivity contribution is 7.89. The van der Waals surface area contributed by atoms with Crippen LogP contribution < -0.4 is 9.62 Å². The molecular weight excluding hydrogens is 322 g/mol. The van der Waals surface area contributed by atoms with E-state index in [1.54, 1.807) is 0 Å². The van der Waals surface area contributed by atoms with Gasteiger partial charge in [0.05, 0.1) is 23.0 Å². The van der Waals surface area contributed by atoms with Crippen molar-refractivity contribution in [2.45, 2.75) is 24.7 Å². The van der Waals surface area contributed by atoms with Crippen LogP contribution in [0.15, 0.2) is 23.1 Å². The van der Waals surface area contributed by atoms with E-state index in [2.05, 4.69) is 4.72 Å². The molecule has 23 heavy (non-hydrogen) atoms. The summed E-state index contributed by atoms with van der Waals surface area (Å²) in [6.07, 6.45) is 1.58. The van der Waals surface area contributed by atoms with Gasteiger partial charge < -0.3 is 9.64 Å². The number of rotatable bonds is 7. The first-order valence-electron chi connectivity index (χ1n) is 7.56. The number of nitro benzene ring substituents is 1. The van der Waals surface area contributed by atoms with E-state index in [0.717, 1.165) is 12.5 Å². The maximum Gasteiger partial charge on any atom is 0.293 e. The van der Waals surface area contributed by atoms with Gasteiger partial charge in [0.25, 0.3) is 5.69 Å². The highest BCUT2D eigenvalue weighted by atomic mass is 32.2. The summed E-state index contributed by atoms with van der Waals surface area (Å²) in [7, 11) is -3.73. The third kappa shape index (κ3) is 4.40. The Kier molecular flexibility index (Phi) is 5.91. The van der Waals surface area contributed by atoms with E-state index in [1.165, 1.54) is 12.1 Å². The molecule has 1 N–H and O–H groups in total. The van der Waals surface area contributed by atoms with E-state index < -0.39 is 14.9 Å². The Labute approximate surface area is 135 Å². The van der Waals surface area contributed by atoms with Crippen molar-refractivity contribution in [2.75, 3.05) is 37.7 Å². The fourth-order valence-corrected chi connectivity index (χ4v) is 3.45. The van der Waals surface area contributed by atoms with E-state index >= 15 is 0 Å². The van der Waals surface area contributed by atoms with Gasteiger partial charge in [0.15, 0.2) is 0 Å². The van der Waals surface area contributed by atoms with Crippen LogP contribution in [0.3, 0.4) is 0 Å². The van der Waals surface area contributed by atoms with E-state index in [-0.39, 0.29) is 10.6 Å². The number of anilines is 1. The molecule has 0 aliphatic carbocycles. The van der Waals surface area contributed by atoms with Gasteiger partial charge in [-0.1, -0.05) is 13.3 Å². The number of ether oxygens (including phenoxy) is 1. The third-order valence-corrected chi connectivity index (χ3v) is 5.09. The van der Waals surface area contributed by atoms with Crippen molar-refractivity contribution in [1.82, 2.24) is 4.72 Å². The zero-order valence-corrected chi connectivity index (χ0v) is 13.8. The van der Waals surface area contributed by atoms with E-state index in [1.807, 2.05) is 11.8 Å². The first-order chi connectivity index (χ1) is 11.0. The van der Waals surface area contributed by atoms with E-state index in [9.17, 15) is 18.5 Å². The summed E-state index contributed by atoms with van der Waals surface area (Å²) in [6.45, 7) is 4.35. The average molecular weight is 343 g/mol. The molecule has 8 nitrogen and oxygen atoms in total. The Hall–Kier alpha value is -1.71. The Balaban J connectivity index is 2.30. The van der Waals surface area contributed by atoms with Gasteiger partial charge in [0.2, 0.25) is 10.0 Å². The number of benzene rings is 1. The number of hydrogen-bond acceptors (Lipinski definition) is 6. The summed E-state index contributed by atoms with van der Waals surface area (Å²) in [5.41, 5.74) is 0.219. The van der Waals surface area contributed by atoms with Crippen LogP contribution in [0.4, 0.5) is 11.4 Å². The van der Waals surface area contributed by atoms with Gasteiger partial charge in [-0.25, -0.2) is 13.1 Å². The van der Waals surface area contributed by atoms with Crippen molar-refractivity contribution in [2.24, 2.45) is 0 Å². The first-order valence-corrected chi connectivity index (χ1v) is 9.05. The first kappa shape index (κ1) is 17.6. The molecule has 0 saturated carbocycles. The Morgan fingerprint density at radius 2 is 2.04 bits per heavy atom. The summed E-state index contributed by atoms with van der Waals surface area (Å²) in [5, 5.41) is 11.3. The molecule has 0 atom stereocenters. The van der Waals surface area contributed by atoms with E-state index in [4.69, 9.17) is 4.74 Å². The minimum absolute atomic E-state index is 0.0858. The van der Waals surface area contributed by atoms with Crippen LogP contribution >= 0.6 is 0 Å². The van der Waals surface area contributed by atoms with Crippen molar-refractivity contribution in [1.29, 1.82) is 0 Å². The van der Waals surface area contributed by atoms with Gasteiger partial charge in [0.1, 0.15) is 5.69 Å². The number of morpholine rings is 1. The van der Waals surface area contributed by atoms with Gasteiger partial charge in [-0.2, -0.15) is 0 Å². The molecule has 0 unspecified atom stereocenters. The topological polar surface area (TPSA) is 102 Å². The van der Waals surface area contributed by atoms with Crippen LogP contribution in [0.25, 0.3) is 0 Å². The van der Waals surface area contributed by atoms with Crippen molar-refractivity contribution in [3.63, 3.8) is 0 Å². The Bertz CT molecular complexity index is 656. The molecular formula is C14H21N3O5S. The van der Waals surface area contributed by atoms with Gasteiger partial charge in [-0.05, 0) is 18.6 Å². The number of hydrogen-bond donors (Lipinski definition) is 1. The van der Waals surface area contributed by atoms with Crippen molar-refractivity contribution < 1.29 is 18.1 Å². The second kappa shape index (κ2) is 7.71. The van der Waals surface area contributed by atoms with Crippen molar-refractivity contribution in [3.05, 3.63) is 28.3 Å². The summed E-state index contributed by atoms with van der Waals surface area (Å²) in [5.74, 6) is 0. The minimum Gasteiger partial charge on any atom is -0.378 e. The third-order valence-electron chi connectivity index (χ3n) is 3.63. The largest absolute Gasteiger partial charge is 0.378 e. The van der Waals surface area contributed by atoms with Crippen molar-refractivity contribution >= 4 is 21.4 Å². The lowest BCUT2D eigenvalue weighted by atomic mass is 10.2. The number of nitrogens with zero attached hydrogens (tertiary/aromatic N) is 2. The molecule has 1 aromatic rings. The molecule has 1 aliphatic rings. The van der Waals surface area contributed by atoms with Crippen LogP contribution in [0, 0.1) is 10.1 Å². The molecule has 9 heteroatoms. The predicted octanol–water partition coefficient (Wildman–Crippen LogP) is 1.51. The molecule has 1 heterocycles. The van der Waals surface area contributed by atoms with Crippen LogP contribution in [0.2, 0.25) is 0 Å². The quantitative estimate of drug-likeness (QED) is 0.457. The molecule has 2 rings (SSSR count). The maximum atomic E-state index is 12.2. The van der Waals surface area contributed by atoms with Crippen molar-refractivity contribution in [3.8, 4) is 0 Å². The van der Waals surface area contributed by atoms with Crippen LogP contribution in [-0.2, 0) is 14.8 Å². The summed E-state index contributed by atoms with van der Waals surface area (Å²) in [4.78, 5) is 12.5. The average Bonchev–Trinajstić information content (AvgIpc) is 2.55. The number of nitrogens with one attached hydrogen (secondary N) is 1. The van der Waals surface area contributed by atoms with Gasteiger partial charge >= 0.3 is 0 Å². The Morgan fingerprint density at radius 1 is 1.35 bits per heavy atom. The van der Waals surface area contributed by atoms with Crippen LogP contribution in [0.5, 0.6) is 0 Å². The van der Waals surface area contributed by atoms with Crippen LogP contribution in [0.1, 0.15) is 19.8 Å². The summed E-state index contributed by atoms with van der Waals surface area (Å²) in [6, 6.07) is 4.03. The molecule has 0 bridgehead atoms. The lowest BCUT2D eigenvalue weighted by molar-refractivity contribution is -0.384. The lowest BCUT2D eigenvalue weighted by Gasteiger charge is -2.28. The number of nitro groups is 1. The Morgan fingerprint density at radius 3 is 2.65 bits per heavy atom. The summed E-state index contributed by atoms with van der Waals surface area (Å²) < 4.78 is 32.1. The SMILES string of the molecule is CCCCNS(=O)(=O)c1ccc(N2CCOCC2)c([N+](=O)[O-])c1. The molecule has 1 aliphatic heterocycles. The minimum atomic E-state index is -3.73. The van der Waals surface area contributed by atoms with Gasteiger partial charge in [0, 0.05) is 25.7 Å². The van der Waals surface area contributed by atoms with Gasteiger partial charge in [-0.3, -0.25) is 10.1 Å². The number of unbranched alkanes of at least 4 members (excludes halogenated alkanes) is 1. The number of sulfonamides is 1. The zero-order valence-electron chi connectivity index (χ0n) is 13.0. The predicted molar refractivity (Wildman–Crippen MR) is 86.2 cm³/mol. The monoisotopic (exact) mass is 343 g/mol. The van der Waals surface area contributed by atoms with E-state index in [0.29, 0.717) is 45.0 Å². The molecule has 128 valence electrons. The second-order valence-electron chi connectivity index (χ2n) is 5.26. The lowest BCUT2D eigenvalue weighted by Crippen LogP contribution is -2.36. The maximum absolute atomic E-state index is 12.2. The fourth-order valence-electron chi connectivity index (χ4n) is 2.35. The molecule has 1 aromatic carbocycles. The highest BCUT2D eigenvalue weighted by Crippen LogP contribution is 2.31. The molecule has 0 amide bonds. The smallest absolute Gasteiger partial charge is 0.293 e. The standard InChI is InChI=1S/C14H21N3O5S/c1-2-3-6-15-23(20,21)12-4-5-13(14(11-12)17(18)19)16-7-9-22-10-8-16/h4-5,11,15H,2-3,6-10H2,1H3. The molecule has 1 fully saturated rings. The zero-order chi connectivity index (χ0) is 16.9. The second-order valence-corrected chi connectivity index (χ2v) is 7.03. The summed E-state index contributed by atoms with van der Waals surface area (Å²) >= 11 is 0. The highest BCUT2D eigenvalue weighted by Gasteiger charge is 2.25. The van der Waals surface area contributed by atoms with Gasteiger partial charge in [-0.15, -0.1) is 0 Å². The van der Waals surface area contributed by atoms with Crippen LogP contribution in [-0.4, -0.2) is 46.2 Å². The normalized spacial score (nSPS) is 15.6. The fraction of sp³-hybridized carbons (Fsp3) is 0.571. The molecule has 0 aromatic heterocycles. The molecule has 0 radical (unpaired) electrons.